The van der Waals surface area contributed by atoms with Crippen LogP contribution < -0.4 is 10.6 Å². The first-order valence-electron chi connectivity index (χ1n) is 9.03. The van der Waals surface area contributed by atoms with Crippen LogP contribution in [-0.2, 0) is 19.4 Å². The van der Waals surface area contributed by atoms with Crippen LogP contribution in [0.15, 0.2) is 46.2 Å². The van der Waals surface area contributed by atoms with Gasteiger partial charge in [0.05, 0.1) is 16.3 Å². The Balaban J connectivity index is 1.70. The van der Waals surface area contributed by atoms with Crippen LogP contribution in [0.3, 0.4) is 0 Å². The normalized spacial score (nSPS) is 16.5. The molecule has 1 aliphatic rings. The van der Waals surface area contributed by atoms with Gasteiger partial charge in [-0.3, -0.25) is 9.59 Å². The number of fused-ring (bicyclic) bond motifs is 1. The molecule has 0 saturated heterocycles. The molecule has 0 radical (unpaired) electrons. The molecule has 2 amide bonds. The molecule has 9 heteroatoms. The number of anilines is 2. The van der Waals surface area contributed by atoms with E-state index < -0.39 is 15.7 Å². The fourth-order valence-electron chi connectivity index (χ4n) is 2.91. The maximum atomic E-state index is 12.7. The van der Waals surface area contributed by atoms with E-state index >= 15 is 0 Å². The number of benzene rings is 2. The molecular weight excluding hydrogens is 432 g/mol. The third kappa shape index (κ3) is 5.52. The molecular formula is C20H21ClN2O4S2. The second-order valence-electron chi connectivity index (χ2n) is 6.92. The van der Waals surface area contributed by atoms with Crippen molar-refractivity contribution in [3.05, 3.63) is 47.0 Å². The molecule has 0 bridgehead atoms. The van der Waals surface area contributed by atoms with Gasteiger partial charge in [0.25, 0.3) is 0 Å². The number of hydrogen-bond acceptors (Lipinski definition) is 5. The highest BCUT2D eigenvalue weighted by Gasteiger charge is 2.23. The fraction of sp³-hybridized carbons (Fsp3) is 0.300. The molecule has 2 N–H and O–H groups in total. The average Bonchev–Trinajstić information content (AvgIpc) is 2.78. The van der Waals surface area contributed by atoms with Crippen LogP contribution in [0.2, 0.25) is 5.02 Å². The van der Waals surface area contributed by atoms with Crippen molar-refractivity contribution in [1.82, 2.24) is 0 Å². The van der Waals surface area contributed by atoms with Crippen LogP contribution in [0.1, 0.15) is 25.3 Å². The van der Waals surface area contributed by atoms with Crippen molar-refractivity contribution in [2.45, 2.75) is 41.7 Å². The van der Waals surface area contributed by atoms with E-state index in [2.05, 4.69) is 10.6 Å². The molecule has 154 valence electrons. The summed E-state index contributed by atoms with van der Waals surface area (Å²) in [5.74, 6) is -0.893. The first kappa shape index (κ1) is 21.7. The first-order chi connectivity index (χ1) is 13.6. The maximum Gasteiger partial charge on any atom is 0.225 e. The van der Waals surface area contributed by atoms with Gasteiger partial charge in [-0.15, -0.1) is 11.8 Å². The Hall–Kier alpha value is -2.03. The summed E-state index contributed by atoms with van der Waals surface area (Å²) >= 11 is 7.46. The minimum atomic E-state index is -3.69. The van der Waals surface area contributed by atoms with Gasteiger partial charge in [-0.25, -0.2) is 8.42 Å². The Morgan fingerprint density at radius 2 is 2.03 bits per heavy atom. The molecule has 0 spiro atoms. The van der Waals surface area contributed by atoms with Gasteiger partial charge in [0.1, 0.15) is 0 Å². The zero-order chi connectivity index (χ0) is 21.2. The Kier molecular flexibility index (Phi) is 6.55. The number of amides is 2. The van der Waals surface area contributed by atoms with Gasteiger partial charge in [0.15, 0.2) is 9.84 Å². The molecule has 0 aromatic heterocycles. The summed E-state index contributed by atoms with van der Waals surface area (Å²) in [5, 5.41) is 6.05. The van der Waals surface area contributed by atoms with Crippen LogP contribution in [0, 0.1) is 6.92 Å². The number of carbonyl (C=O) groups is 2. The second-order valence-corrected chi connectivity index (χ2v) is 10.9. The highest BCUT2D eigenvalue weighted by atomic mass is 35.5. The lowest BCUT2D eigenvalue weighted by atomic mass is 10.2. The molecule has 0 aliphatic carbocycles. The van der Waals surface area contributed by atoms with Crippen LogP contribution in [-0.4, -0.2) is 31.2 Å². The quantitative estimate of drug-likeness (QED) is 0.706. The SMILES string of the molecule is Cc1ccc(Cl)cc1NC(=O)CCS(=O)(=O)c1ccc2c(c1)NC(=O)C[C@@H](C)S2. The molecule has 2 aromatic rings. The Morgan fingerprint density at radius 3 is 2.79 bits per heavy atom. The summed E-state index contributed by atoms with van der Waals surface area (Å²) in [6.45, 7) is 3.77. The molecule has 1 heterocycles. The van der Waals surface area contributed by atoms with E-state index in [9.17, 15) is 18.0 Å². The summed E-state index contributed by atoms with van der Waals surface area (Å²) in [5.41, 5.74) is 1.88. The van der Waals surface area contributed by atoms with E-state index in [0.717, 1.165) is 10.5 Å². The third-order valence-electron chi connectivity index (χ3n) is 4.46. The van der Waals surface area contributed by atoms with Crippen LogP contribution in [0.5, 0.6) is 0 Å². The highest BCUT2D eigenvalue weighted by molar-refractivity contribution is 8.00. The third-order valence-corrected chi connectivity index (χ3v) is 7.58. The van der Waals surface area contributed by atoms with Gasteiger partial charge >= 0.3 is 0 Å². The predicted octanol–water partition coefficient (Wildman–Crippen LogP) is 4.27. The van der Waals surface area contributed by atoms with Crippen molar-refractivity contribution in [3.8, 4) is 0 Å². The standard InChI is InChI=1S/C20H21ClN2O4S2/c1-12-3-4-14(21)10-16(12)22-19(24)7-8-29(26,27)15-5-6-18-17(11-15)23-20(25)9-13(2)28-18/h3-6,10-11,13H,7-9H2,1-2H3,(H,22,24)(H,23,25)/t13-/m1/s1. The van der Waals surface area contributed by atoms with Crippen LogP contribution >= 0.6 is 23.4 Å². The average molecular weight is 453 g/mol. The minimum absolute atomic E-state index is 0.0819. The molecule has 29 heavy (non-hydrogen) atoms. The zero-order valence-electron chi connectivity index (χ0n) is 16.0. The van der Waals surface area contributed by atoms with Gasteiger partial charge in [-0.1, -0.05) is 24.6 Å². The lowest BCUT2D eigenvalue weighted by Gasteiger charge is -2.11. The predicted molar refractivity (Wildman–Crippen MR) is 116 cm³/mol. The number of rotatable bonds is 5. The molecule has 6 nitrogen and oxygen atoms in total. The molecule has 0 fully saturated rings. The van der Waals surface area contributed by atoms with E-state index in [1.165, 1.54) is 23.9 Å². The largest absolute Gasteiger partial charge is 0.326 e. The topological polar surface area (TPSA) is 92.3 Å². The van der Waals surface area contributed by atoms with E-state index in [1.54, 1.807) is 24.3 Å². The highest BCUT2D eigenvalue weighted by Crippen LogP contribution is 2.36. The van der Waals surface area contributed by atoms with Crippen molar-refractivity contribution in [2.75, 3.05) is 16.4 Å². The number of halogens is 1. The summed E-state index contributed by atoms with van der Waals surface area (Å²) in [7, 11) is -3.69. The number of thioether (sulfide) groups is 1. The lowest BCUT2D eigenvalue weighted by molar-refractivity contribution is -0.116. The van der Waals surface area contributed by atoms with Gasteiger partial charge in [-0.2, -0.15) is 0 Å². The summed E-state index contributed by atoms with van der Waals surface area (Å²) in [6.07, 6.45) is 0.175. The molecule has 1 aliphatic heterocycles. The minimum Gasteiger partial charge on any atom is -0.326 e. The number of carbonyl (C=O) groups excluding carboxylic acids is 2. The van der Waals surface area contributed by atoms with E-state index in [1.807, 2.05) is 13.8 Å². The van der Waals surface area contributed by atoms with Crippen molar-refractivity contribution < 1.29 is 18.0 Å². The second kappa shape index (κ2) is 8.77. The number of aryl methyl sites for hydroxylation is 1. The summed E-state index contributed by atoms with van der Waals surface area (Å²) in [6, 6.07) is 9.79. The van der Waals surface area contributed by atoms with E-state index in [0.29, 0.717) is 22.8 Å². The Labute approximate surface area is 179 Å². The van der Waals surface area contributed by atoms with Crippen molar-refractivity contribution in [3.63, 3.8) is 0 Å². The Morgan fingerprint density at radius 1 is 1.28 bits per heavy atom. The van der Waals surface area contributed by atoms with Gasteiger partial charge in [0.2, 0.25) is 11.8 Å². The van der Waals surface area contributed by atoms with Crippen molar-refractivity contribution in [1.29, 1.82) is 0 Å². The molecule has 3 rings (SSSR count). The fourth-order valence-corrected chi connectivity index (χ4v) is 5.40. The maximum absolute atomic E-state index is 12.7. The molecule has 0 saturated carbocycles. The van der Waals surface area contributed by atoms with Gasteiger partial charge in [0, 0.05) is 33.7 Å². The van der Waals surface area contributed by atoms with Gasteiger partial charge in [-0.05, 0) is 42.8 Å². The summed E-state index contributed by atoms with van der Waals surface area (Å²) < 4.78 is 25.4. The van der Waals surface area contributed by atoms with E-state index in [4.69, 9.17) is 11.6 Å². The monoisotopic (exact) mass is 452 g/mol. The van der Waals surface area contributed by atoms with Crippen LogP contribution in [0.4, 0.5) is 11.4 Å². The van der Waals surface area contributed by atoms with Gasteiger partial charge < -0.3 is 10.6 Å². The number of sulfone groups is 1. The number of hydrogen-bond donors (Lipinski definition) is 2. The van der Waals surface area contributed by atoms with E-state index in [-0.39, 0.29) is 28.2 Å². The summed E-state index contributed by atoms with van der Waals surface area (Å²) in [4.78, 5) is 25.1. The van der Waals surface area contributed by atoms with Crippen LogP contribution in [0.25, 0.3) is 0 Å². The molecule has 2 aromatic carbocycles. The molecule has 1 atom stereocenters. The molecule has 0 unspecified atom stereocenters. The Bertz CT molecular complexity index is 1070. The van der Waals surface area contributed by atoms with Crippen molar-refractivity contribution in [2.24, 2.45) is 0 Å². The first-order valence-corrected chi connectivity index (χ1v) is 11.9. The lowest BCUT2D eigenvalue weighted by Crippen LogP contribution is -2.18. The smallest absolute Gasteiger partial charge is 0.225 e. The zero-order valence-corrected chi connectivity index (χ0v) is 18.4. The van der Waals surface area contributed by atoms with Crippen molar-refractivity contribution >= 4 is 56.4 Å². The number of nitrogens with one attached hydrogen (secondary N) is 2.